The molecule has 31 heavy (non-hydrogen) atoms. The molecule has 162 valence electrons. The van der Waals surface area contributed by atoms with Crippen LogP contribution in [0.15, 0.2) is 41.4 Å². The van der Waals surface area contributed by atoms with Gasteiger partial charge in [-0.05, 0) is 61.1 Å². The van der Waals surface area contributed by atoms with Crippen LogP contribution in [0.3, 0.4) is 0 Å². The van der Waals surface area contributed by atoms with Gasteiger partial charge >= 0.3 is 0 Å². The molecule has 1 fully saturated rings. The van der Waals surface area contributed by atoms with Crippen molar-refractivity contribution in [3.63, 3.8) is 0 Å². The van der Waals surface area contributed by atoms with E-state index in [4.69, 9.17) is 20.7 Å². The van der Waals surface area contributed by atoms with Gasteiger partial charge in [0.2, 0.25) is 0 Å². The van der Waals surface area contributed by atoms with Crippen molar-refractivity contribution in [2.75, 3.05) is 37.6 Å². The Bertz CT molecular complexity index is 1120. The van der Waals surface area contributed by atoms with Gasteiger partial charge in [0.15, 0.2) is 5.90 Å². The second kappa shape index (κ2) is 8.77. The van der Waals surface area contributed by atoms with Crippen LogP contribution in [-0.2, 0) is 17.6 Å². The molecule has 0 bridgehead atoms. The molecule has 0 saturated carbocycles. The average molecular weight is 455 g/mol. The summed E-state index contributed by atoms with van der Waals surface area (Å²) in [7, 11) is 0. The minimum atomic E-state index is 0.143. The van der Waals surface area contributed by atoms with E-state index in [0.29, 0.717) is 0 Å². The summed E-state index contributed by atoms with van der Waals surface area (Å²) in [5.74, 6) is 1.94. The van der Waals surface area contributed by atoms with Crippen LogP contribution in [0, 0.1) is 0 Å². The van der Waals surface area contributed by atoms with Crippen LogP contribution in [0.5, 0.6) is 0 Å². The Morgan fingerprint density at radius 2 is 1.94 bits per heavy atom. The largest absolute Gasteiger partial charge is 0.478 e. The molecular weight excluding hydrogens is 428 g/mol. The second-order valence-corrected chi connectivity index (χ2v) is 9.71. The van der Waals surface area contributed by atoms with Crippen LogP contribution in [0.2, 0.25) is 5.02 Å². The predicted octanol–water partition coefficient (Wildman–Crippen LogP) is 5.33. The Kier molecular flexibility index (Phi) is 5.87. The van der Waals surface area contributed by atoms with E-state index in [0.717, 1.165) is 68.0 Å². The smallest absolute Gasteiger partial charge is 0.193 e. The third-order valence-corrected chi connectivity index (χ3v) is 7.10. The van der Waals surface area contributed by atoms with Gasteiger partial charge in [0, 0.05) is 43.1 Å². The monoisotopic (exact) mass is 454 g/mol. The van der Waals surface area contributed by atoms with Crippen molar-refractivity contribution in [1.82, 2.24) is 9.27 Å². The first-order chi connectivity index (χ1) is 15.1. The topological polar surface area (TPSA) is 41.0 Å². The summed E-state index contributed by atoms with van der Waals surface area (Å²) < 4.78 is 11.8. The molecule has 2 aliphatic heterocycles. The summed E-state index contributed by atoms with van der Waals surface area (Å²) in [6, 6.07) is 12.7. The lowest BCUT2D eigenvalue weighted by molar-refractivity contribution is 0.224. The minimum absolute atomic E-state index is 0.143. The first kappa shape index (κ1) is 20.7. The highest BCUT2D eigenvalue weighted by atomic mass is 35.5. The lowest BCUT2D eigenvalue weighted by Gasteiger charge is -2.35. The highest BCUT2D eigenvalue weighted by Gasteiger charge is 2.22. The zero-order chi connectivity index (χ0) is 21.4. The first-order valence-corrected chi connectivity index (χ1v) is 12.1. The van der Waals surface area contributed by atoms with Crippen molar-refractivity contribution in [3.8, 4) is 0 Å². The maximum Gasteiger partial charge on any atom is 0.193 e. The van der Waals surface area contributed by atoms with E-state index < -0.39 is 0 Å². The van der Waals surface area contributed by atoms with E-state index >= 15 is 0 Å². The Balaban J connectivity index is 1.17. The fraction of sp³-hybridized carbons (Fsp3) is 0.417. The number of halogens is 1. The molecule has 3 aromatic rings. The Labute approximate surface area is 192 Å². The van der Waals surface area contributed by atoms with Gasteiger partial charge < -0.3 is 9.64 Å². The zero-order valence-electron chi connectivity index (χ0n) is 18.0. The van der Waals surface area contributed by atoms with Crippen molar-refractivity contribution >= 4 is 50.6 Å². The normalized spacial score (nSPS) is 16.8. The van der Waals surface area contributed by atoms with Crippen LogP contribution in [-0.4, -0.2) is 54.0 Å². The van der Waals surface area contributed by atoms with E-state index in [2.05, 4.69) is 45.1 Å². The van der Waals surface area contributed by atoms with E-state index in [1.165, 1.54) is 21.2 Å². The number of piperazine rings is 1. The molecule has 0 radical (unpaired) electrons. The third-order valence-electron chi connectivity index (χ3n) is 5.93. The predicted molar refractivity (Wildman–Crippen MR) is 130 cm³/mol. The van der Waals surface area contributed by atoms with Crippen LogP contribution < -0.4 is 4.90 Å². The molecule has 1 aromatic heterocycles. The van der Waals surface area contributed by atoms with E-state index in [1.807, 2.05) is 19.9 Å². The molecule has 2 aliphatic rings. The SMILES string of the molecule is CC(C)OC1=Nc2cc(Cl)c(CCN3CCN(c4nsc5ccccc45)CC3)cc2C1. The molecule has 0 amide bonds. The van der Waals surface area contributed by atoms with Gasteiger partial charge in [0.05, 0.1) is 22.9 Å². The Hall–Kier alpha value is -2.15. The highest BCUT2D eigenvalue weighted by molar-refractivity contribution is 7.13. The van der Waals surface area contributed by atoms with Crippen molar-refractivity contribution < 1.29 is 4.74 Å². The highest BCUT2D eigenvalue weighted by Crippen LogP contribution is 2.33. The maximum absolute atomic E-state index is 6.58. The fourth-order valence-electron chi connectivity index (χ4n) is 4.34. The van der Waals surface area contributed by atoms with Crippen molar-refractivity contribution in [1.29, 1.82) is 0 Å². The average Bonchev–Trinajstić information content (AvgIpc) is 3.35. The van der Waals surface area contributed by atoms with Gasteiger partial charge in [-0.15, -0.1) is 0 Å². The van der Waals surface area contributed by atoms with Crippen molar-refractivity contribution in [2.45, 2.75) is 32.8 Å². The van der Waals surface area contributed by atoms with E-state index in [-0.39, 0.29) is 6.10 Å². The van der Waals surface area contributed by atoms with Gasteiger partial charge in [0.25, 0.3) is 0 Å². The molecule has 1 saturated heterocycles. The summed E-state index contributed by atoms with van der Waals surface area (Å²) in [5.41, 5.74) is 3.37. The summed E-state index contributed by atoms with van der Waals surface area (Å²) in [4.78, 5) is 9.54. The van der Waals surface area contributed by atoms with Gasteiger partial charge in [0.1, 0.15) is 5.82 Å². The van der Waals surface area contributed by atoms with Gasteiger partial charge in [-0.1, -0.05) is 29.8 Å². The number of benzene rings is 2. The Morgan fingerprint density at radius 3 is 2.74 bits per heavy atom. The molecule has 7 heteroatoms. The molecule has 2 aromatic carbocycles. The molecule has 0 aliphatic carbocycles. The number of aliphatic imine (C=N–C) groups is 1. The summed E-state index contributed by atoms with van der Waals surface area (Å²) >= 11 is 8.17. The van der Waals surface area contributed by atoms with Crippen LogP contribution in [0.4, 0.5) is 11.5 Å². The summed E-state index contributed by atoms with van der Waals surface area (Å²) in [6.07, 6.45) is 1.85. The maximum atomic E-state index is 6.58. The lowest BCUT2D eigenvalue weighted by Crippen LogP contribution is -2.47. The van der Waals surface area contributed by atoms with E-state index in [1.54, 1.807) is 11.5 Å². The number of rotatable bonds is 5. The van der Waals surface area contributed by atoms with Crippen LogP contribution >= 0.6 is 23.1 Å². The molecule has 3 heterocycles. The molecule has 5 nitrogen and oxygen atoms in total. The van der Waals surface area contributed by atoms with Gasteiger partial charge in [-0.25, -0.2) is 4.99 Å². The van der Waals surface area contributed by atoms with Crippen molar-refractivity contribution in [3.05, 3.63) is 52.5 Å². The number of hydrogen-bond donors (Lipinski definition) is 0. The number of ether oxygens (including phenoxy) is 1. The van der Waals surface area contributed by atoms with Crippen molar-refractivity contribution in [2.24, 2.45) is 4.99 Å². The quantitative estimate of drug-likeness (QED) is 0.522. The van der Waals surface area contributed by atoms with Crippen LogP contribution in [0.1, 0.15) is 25.0 Å². The molecule has 0 unspecified atom stereocenters. The molecule has 0 atom stereocenters. The fourth-order valence-corrected chi connectivity index (χ4v) is 5.38. The van der Waals surface area contributed by atoms with E-state index in [9.17, 15) is 0 Å². The standard InChI is InChI=1S/C24H27ClN4OS/c1-16(2)30-23-14-18-13-17(20(25)15-21(18)26-23)7-8-28-9-11-29(12-10-28)24-19-5-3-4-6-22(19)31-27-24/h3-6,13,15-16H,7-12,14H2,1-2H3. The minimum Gasteiger partial charge on any atom is -0.478 e. The van der Waals surface area contributed by atoms with Crippen LogP contribution in [0.25, 0.3) is 10.1 Å². The zero-order valence-corrected chi connectivity index (χ0v) is 19.5. The second-order valence-electron chi connectivity index (χ2n) is 8.50. The molecule has 0 N–H and O–H groups in total. The number of fused-ring (bicyclic) bond motifs is 2. The molecule has 5 rings (SSSR count). The Morgan fingerprint density at radius 1 is 1.13 bits per heavy atom. The van der Waals surface area contributed by atoms with Gasteiger partial charge in [-0.3, -0.25) is 4.90 Å². The molecule has 0 spiro atoms. The summed E-state index contributed by atoms with van der Waals surface area (Å²) in [6.45, 7) is 9.18. The number of aromatic nitrogens is 1. The lowest BCUT2D eigenvalue weighted by atomic mass is 10.0. The summed E-state index contributed by atoms with van der Waals surface area (Å²) in [5, 5.41) is 2.08. The number of anilines is 1. The number of nitrogens with zero attached hydrogens (tertiary/aromatic N) is 4. The number of hydrogen-bond acceptors (Lipinski definition) is 6. The first-order valence-electron chi connectivity index (χ1n) is 10.9. The molecular formula is C24H27ClN4OS. The van der Waals surface area contributed by atoms with Gasteiger partial charge in [-0.2, -0.15) is 4.37 Å². The third kappa shape index (κ3) is 4.43.